The van der Waals surface area contributed by atoms with Crippen molar-refractivity contribution in [1.29, 1.82) is 0 Å². The summed E-state index contributed by atoms with van der Waals surface area (Å²) in [6, 6.07) is -0.933. The maximum atomic E-state index is 10.7. The lowest BCUT2D eigenvalue weighted by Crippen LogP contribution is -2.37. The summed E-state index contributed by atoms with van der Waals surface area (Å²) in [4.78, 5) is 24.9. The monoisotopic (exact) mass is 201 g/mol. The molecule has 1 aliphatic rings. The van der Waals surface area contributed by atoms with Crippen molar-refractivity contribution in [2.75, 3.05) is 6.73 Å². The van der Waals surface area contributed by atoms with E-state index in [4.69, 9.17) is 10.8 Å². The van der Waals surface area contributed by atoms with Crippen LogP contribution in [0.4, 0.5) is 4.79 Å². The van der Waals surface area contributed by atoms with Gasteiger partial charge in [-0.3, -0.25) is 10.1 Å². The number of nitrogens with two attached hydrogens (primary N) is 1. The van der Waals surface area contributed by atoms with Crippen LogP contribution in [-0.2, 0) is 9.53 Å². The van der Waals surface area contributed by atoms with Gasteiger partial charge in [-0.15, -0.1) is 0 Å². The Morgan fingerprint density at radius 1 is 1.79 bits per heavy atom. The molecule has 0 unspecified atom stereocenters. The summed E-state index contributed by atoms with van der Waals surface area (Å²) in [5, 5.41) is 10.8. The van der Waals surface area contributed by atoms with Gasteiger partial charge in [0, 0.05) is 6.42 Å². The van der Waals surface area contributed by atoms with E-state index in [1.165, 1.54) is 0 Å². The quantitative estimate of drug-likeness (QED) is 0.555. The number of hydrogen-bond acceptors (Lipinski definition) is 5. The molecule has 0 saturated carbocycles. The summed E-state index contributed by atoms with van der Waals surface area (Å²) in [6.07, 6.45) is -0.0179. The lowest BCUT2D eigenvalue weighted by molar-refractivity contribution is -0.138. The molecule has 0 saturated heterocycles. The smallest absolute Gasteiger partial charge is 0.414 e. The third-order valence-corrected chi connectivity index (χ3v) is 1.71. The van der Waals surface area contributed by atoms with Gasteiger partial charge in [0.15, 0.2) is 6.73 Å². The lowest BCUT2D eigenvalue weighted by Gasteiger charge is -2.14. The summed E-state index contributed by atoms with van der Waals surface area (Å²) in [5.74, 6) is -0.651. The molecule has 1 atom stereocenters. The number of aliphatic imine (C=N–C) groups is 1. The zero-order chi connectivity index (χ0) is 10.6. The van der Waals surface area contributed by atoms with Crippen LogP contribution in [0.15, 0.2) is 4.99 Å². The number of amidine groups is 1. The van der Waals surface area contributed by atoms with Crippen molar-refractivity contribution in [3.05, 3.63) is 0 Å². The Balaban J connectivity index is 2.34. The molecule has 7 heteroatoms. The number of carboxylic acids is 1. The van der Waals surface area contributed by atoms with Crippen LogP contribution in [0.3, 0.4) is 0 Å². The SMILES string of the molecule is N[C@@H](CCC1=NCOC(=O)N1)C(=O)O. The van der Waals surface area contributed by atoms with E-state index in [0.717, 1.165) is 0 Å². The van der Waals surface area contributed by atoms with Crippen molar-refractivity contribution in [2.45, 2.75) is 18.9 Å². The molecule has 78 valence electrons. The fourth-order valence-electron chi connectivity index (χ4n) is 0.919. The van der Waals surface area contributed by atoms with Crippen LogP contribution in [0, 0.1) is 0 Å². The van der Waals surface area contributed by atoms with Gasteiger partial charge in [0.25, 0.3) is 0 Å². The second kappa shape index (κ2) is 4.56. The van der Waals surface area contributed by atoms with Gasteiger partial charge in [-0.05, 0) is 6.42 Å². The van der Waals surface area contributed by atoms with Gasteiger partial charge in [0.1, 0.15) is 11.9 Å². The average Bonchev–Trinajstić information content (AvgIpc) is 2.14. The van der Waals surface area contributed by atoms with E-state index in [1.807, 2.05) is 0 Å². The van der Waals surface area contributed by atoms with E-state index in [1.54, 1.807) is 0 Å². The molecule has 14 heavy (non-hydrogen) atoms. The predicted molar refractivity (Wildman–Crippen MR) is 46.8 cm³/mol. The minimum Gasteiger partial charge on any atom is -0.480 e. The van der Waals surface area contributed by atoms with Gasteiger partial charge in [0.05, 0.1) is 0 Å². The third-order valence-electron chi connectivity index (χ3n) is 1.71. The summed E-state index contributed by atoms with van der Waals surface area (Å²) >= 11 is 0. The van der Waals surface area contributed by atoms with Gasteiger partial charge in [-0.1, -0.05) is 0 Å². The molecule has 4 N–H and O–H groups in total. The molecule has 1 aliphatic heterocycles. The molecular weight excluding hydrogens is 190 g/mol. The Labute approximate surface area is 79.9 Å². The van der Waals surface area contributed by atoms with Crippen molar-refractivity contribution < 1.29 is 19.4 Å². The van der Waals surface area contributed by atoms with Crippen LogP contribution in [0.5, 0.6) is 0 Å². The molecule has 0 aromatic carbocycles. The Kier molecular flexibility index (Phi) is 3.41. The molecule has 0 bridgehead atoms. The van der Waals surface area contributed by atoms with Crippen LogP contribution >= 0.6 is 0 Å². The maximum absolute atomic E-state index is 10.7. The zero-order valence-corrected chi connectivity index (χ0v) is 7.40. The van der Waals surface area contributed by atoms with Gasteiger partial charge in [-0.2, -0.15) is 0 Å². The van der Waals surface area contributed by atoms with Crippen LogP contribution in [0.2, 0.25) is 0 Å². The lowest BCUT2D eigenvalue weighted by atomic mass is 10.1. The van der Waals surface area contributed by atoms with E-state index < -0.39 is 18.1 Å². The molecular formula is C7H11N3O4. The first-order valence-corrected chi connectivity index (χ1v) is 4.05. The van der Waals surface area contributed by atoms with Crippen molar-refractivity contribution >= 4 is 17.9 Å². The number of cyclic esters (lactones) is 1. The first-order chi connectivity index (χ1) is 6.59. The Morgan fingerprint density at radius 2 is 2.50 bits per heavy atom. The number of amides is 1. The molecule has 0 aromatic heterocycles. The number of ether oxygens (including phenoxy) is 1. The van der Waals surface area contributed by atoms with E-state index in [-0.39, 0.29) is 13.2 Å². The molecule has 1 rings (SSSR count). The van der Waals surface area contributed by atoms with Gasteiger partial charge >= 0.3 is 12.1 Å². The molecule has 0 spiro atoms. The molecule has 0 aliphatic carbocycles. The number of carboxylic acid groups (broad SMARTS) is 1. The topological polar surface area (TPSA) is 114 Å². The summed E-state index contributed by atoms with van der Waals surface area (Å²) < 4.78 is 4.48. The van der Waals surface area contributed by atoms with E-state index in [0.29, 0.717) is 12.3 Å². The molecule has 7 nitrogen and oxygen atoms in total. The fourth-order valence-corrected chi connectivity index (χ4v) is 0.919. The number of alkyl carbamates (subject to hydrolysis) is 1. The van der Waals surface area contributed by atoms with Crippen molar-refractivity contribution in [2.24, 2.45) is 10.7 Å². The highest BCUT2D eigenvalue weighted by atomic mass is 16.6. The number of nitrogens with one attached hydrogen (secondary N) is 1. The molecule has 0 fully saturated rings. The normalized spacial score (nSPS) is 17.8. The zero-order valence-electron chi connectivity index (χ0n) is 7.40. The standard InChI is InChI=1S/C7H11N3O4/c8-4(6(11)12)1-2-5-9-3-14-7(13)10-5/h4H,1-3,8H2,(H,11,12)(H,9,10,13)/t4-/m0/s1. The van der Waals surface area contributed by atoms with Gasteiger partial charge in [-0.25, -0.2) is 9.79 Å². The van der Waals surface area contributed by atoms with Gasteiger partial charge in [0.2, 0.25) is 0 Å². The highest BCUT2D eigenvalue weighted by molar-refractivity contribution is 5.96. The molecule has 1 amide bonds. The number of hydrogen-bond donors (Lipinski definition) is 3. The van der Waals surface area contributed by atoms with E-state index in [2.05, 4.69) is 15.0 Å². The number of carbonyl (C=O) groups is 2. The number of aliphatic carboxylic acids is 1. The van der Waals surface area contributed by atoms with Crippen molar-refractivity contribution in [3.8, 4) is 0 Å². The van der Waals surface area contributed by atoms with E-state index in [9.17, 15) is 9.59 Å². The second-order valence-corrected chi connectivity index (χ2v) is 2.77. The maximum Gasteiger partial charge on any atom is 0.414 e. The van der Waals surface area contributed by atoms with Crippen LogP contribution in [0.1, 0.15) is 12.8 Å². The highest BCUT2D eigenvalue weighted by Crippen LogP contribution is 1.99. The highest BCUT2D eigenvalue weighted by Gasteiger charge is 2.16. The largest absolute Gasteiger partial charge is 0.480 e. The minimum atomic E-state index is -1.07. The van der Waals surface area contributed by atoms with Crippen LogP contribution in [-0.4, -0.2) is 35.8 Å². The molecule has 1 heterocycles. The summed E-state index contributed by atoms with van der Waals surface area (Å²) in [6.45, 7) is -0.0243. The van der Waals surface area contributed by atoms with Crippen LogP contribution in [0.25, 0.3) is 0 Å². The molecule has 0 aromatic rings. The Hall–Kier alpha value is -1.63. The van der Waals surface area contributed by atoms with Crippen LogP contribution < -0.4 is 11.1 Å². The Bertz CT molecular complexity index is 276. The number of rotatable bonds is 4. The van der Waals surface area contributed by atoms with Gasteiger partial charge < -0.3 is 15.6 Å². The summed E-state index contributed by atoms with van der Waals surface area (Å²) in [7, 11) is 0. The van der Waals surface area contributed by atoms with E-state index >= 15 is 0 Å². The first-order valence-electron chi connectivity index (χ1n) is 4.05. The second-order valence-electron chi connectivity index (χ2n) is 2.77. The fraction of sp³-hybridized carbons (Fsp3) is 0.571. The predicted octanol–water partition coefficient (Wildman–Crippen LogP) is -0.726. The molecule has 0 radical (unpaired) electrons. The average molecular weight is 201 g/mol. The first kappa shape index (κ1) is 10.5. The number of nitrogens with zero attached hydrogens (tertiary/aromatic N) is 1. The summed E-state index contributed by atoms with van der Waals surface area (Å²) in [5.41, 5.74) is 5.27. The van der Waals surface area contributed by atoms with Crippen molar-refractivity contribution in [3.63, 3.8) is 0 Å². The minimum absolute atomic E-state index is 0.0243. The van der Waals surface area contributed by atoms with Crippen molar-refractivity contribution in [1.82, 2.24) is 5.32 Å². The third kappa shape index (κ3) is 3.02. The number of carbonyl (C=O) groups excluding carboxylic acids is 1. The Morgan fingerprint density at radius 3 is 3.07 bits per heavy atom.